The van der Waals surface area contributed by atoms with Crippen molar-refractivity contribution in [1.82, 2.24) is 4.72 Å². The summed E-state index contributed by atoms with van der Waals surface area (Å²) < 4.78 is 32.3. The number of benzene rings is 2. The lowest BCUT2D eigenvalue weighted by Crippen LogP contribution is -2.41. The van der Waals surface area contributed by atoms with Crippen LogP contribution in [0.5, 0.6) is 5.75 Å². The van der Waals surface area contributed by atoms with Gasteiger partial charge in [0.2, 0.25) is 21.8 Å². The highest BCUT2D eigenvalue weighted by Crippen LogP contribution is 2.27. The molecule has 2 amide bonds. The van der Waals surface area contributed by atoms with Gasteiger partial charge in [0.05, 0.1) is 23.1 Å². The molecule has 0 radical (unpaired) electrons. The Labute approximate surface area is 168 Å². The van der Waals surface area contributed by atoms with Crippen LogP contribution in [0, 0.1) is 0 Å². The normalized spacial score (nSPS) is 12.1. The molecule has 0 aliphatic carbocycles. The Morgan fingerprint density at radius 3 is 2.29 bits per heavy atom. The zero-order chi connectivity index (χ0) is 20.9. The molecule has 0 aromatic heterocycles. The molecule has 3 N–H and O–H groups in total. The van der Waals surface area contributed by atoms with Crippen LogP contribution in [0.4, 0.5) is 11.4 Å². The third kappa shape index (κ3) is 5.69. The largest absolute Gasteiger partial charge is 0.495 e. The summed E-state index contributed by atoms with van der Waals surface area (Å²) >= 11 is 5.97. The number of nitrogens with one attached hydrogen (secondary N) is 3. The summed E-state index contributed by atoms with van der Waals surface area (Å²) in [7, 11) is -2.56. The van der Waals surface area contributed by atoms with Crippen molar-refractivity contribution >= 4 is 44.8 Å². The lowest BCUT2D eigenvalue weighted by Gasteiger charge is -2.15. The Kier molecular flexibility index (Phi) is 7.00. The second kappa shape index (κ2) is 9.05. The van der Waals surface area contributed by atoms with Gasteiger partial charge in [-0.25, -0.2) is 8.42 Å². The van der Waals surface area contributed by atoms with Gasteiger partial charge in [-0.15, -0.1) is 0 Å². The number of ether oxygens (including phenoxy) is 1. The smallest absolute Gasteiger partial charge is 0.242 e. The summed E-state index contributed by atoms with van der Waals surface area (Å²) in [5.41, 5.74) is 0.918. The van der Waals surface area contributed by atoms with Gasteiger partial charge >= 0.3 is 0 Å². The molecule has 0 unspecified atom stereocenters. The van der Waals surface area contributed by atoms with E-state index in [2.05, 4.69) is 15.4 Å². The van der Waals surface area contributed by atoms with E-state index in [4.69, 9.17) is 16.3 Å². The van der Waals surface area contributed by atoms with Gasteiger partial charge in [0.15, 0.2) is 0 Å². The van der Waals surface area contributed by atoms with E-state index >= 15 is 0 Å². The maximum absolute atomic E-state index is 12.5. The van der Waals surface area contributed by atoms with Gasteiger partial charge in [-0.3, -0.25) is 9.59 Å². The van der Waals surface area contributed by atoms with Crippen molar-refractivity contribution in [3.05, 3.63) is 47.5 Å². The fraction of sp³-hybridized carbons (Fsp3) is 0.222. The molecular weight excluding hydrogens is 406 g/mol. The Balaban J connectivity index is 2.09. The highest BCUT2D eigenvalue weighted by atomic mass is 35.5. The third-order valence-corrected chi connectivity index (χ3v) is 5.44. The van der Waals surface area contributed by atoms with Crippen molar-refractivity contribution in [2.24, 2.45) is 0 Å². The summed E-state index contributed by atoms with van der Waals surface area (Å²) in [6, 6.07) is 9.42. The average Bonchev–Trinajstić information content (AvgIpc) is 2.61. The first kappa shape index (κ1) is 21.7. The molecule has 2 aromatic carbocycles. The fourth-order valence-corrected chi connectivity index (χ4v) is 3.85. The van der Waals surface area contributed by atoms with E-state index in [0.717, 1.165) is 0 Å². The zero-order valence-corrected chi connectivity index (χ0v) is 17.0. The number of amides is 2. The second-order valence-electron chi connectivity index (χ2n) is 5.89. The molecule has 0 saturated heterocycles. The van der Waals surface area contributed by atoms with Crippen molar-refractivity contribution in [3.8, 4) is 5.75 Å². The topological polar surface area (TPSA) is 114 Å². The van der Waals surface area contributed by atoms with Gasteiger partial charge < -0.3 is 15.4 Å². The molecule has 0 bridgehead atoms. The van der Waals surface area contributed by atoms with Crippen LogP contribution in [0.1, 0.15) is 13.8 Å². The first-order valence-corrected chi connectivity index (χ1v) is 10.0. The van der Waals surface area contributed by atoms with Crippen LogP contribution in [0.3, 0.4) is 0 Å². The van der Waals surface area contributed by atoms with Crippen molar-refractivity contribution < 1.29 is 22.7 Å². The number of hydrogen-bond acceptors (Lipinski definition) is 5. The van der Waals surface area contributed by atoms with E-state index in [1.165, 1.54) is 39.2 Å². The van der Waals surface area contributed by atoms with Gasteiger partial charge in [-0.05, 0) is 43.3 Å². The van der Waals surface area contributed by atoms with Crippen molar-refractivity contribution in [3.63, 3.8) is 0 Å². The number of rotatable bonds is 7. The van der Waals surface area contributed by atoms with Gasteiger partial charge in [-0.1, -0.05) is 17.7 Å². The predicted octanol–water partition coefficient (Wildman–Crippen LogP) is 2.61. The lowest BCUT2D eigenvalue weighted by molar-refractivity contribution is -0.117. The van der Waals surface area contributed by atoms with E-state index in [9.17, 15) is 18.0 Å². The third-order valence-electron chi connectivity index (χ3n) is 3.61. The van der Waals surface area contributed by atoms with Crippen molar-refractivity contribution in [2.45, 2.75) is 24.8 Å². The average molecular weight is 426 g/mol. The highest BCUT2D eigenvalue weighted by molar-refractivity contribution is 7.89. The van der Waals surface area contributed by atoms with Gasteiger partial charge in [0.25, 0.3) is 0 Å². The van der Waals surface area contributed by atoms with E-state index < -0.39 is 22.0 Å². The van der Waals surface area contributed by atoms with Crippen LogP contribution in [0.15, 0.2) is 47.4 Å². The number of hydrogen-bond donors (Lipinski definition) is 3. The SMILES string of the molecule is COc1ccc(S(=O)(=O)N[C@@H](C)C(=O)Nc2cccc(NC(C)=O)c2)cc1Cl. The predicted molar refractivity (Wildman–Crippen MR) is 107 cm³/mol. The Morgan fingerprint density at radius 2 is 1.71 bits per heavy atom. The number of anilines is 2. The molecule has 150 valence electrons. The number of carbonyl (C=O) groups is 2. The Hall–Kier alpha value is -2.62. The molecule has 0 heterocycles. The number of halogens is 1. The maximum Gasteiger partial charge on any atom is 0.242 e. The monoisotopic (exact) mass is 425 g/mol. The van der Waals surface area contributed by atoms with E-state index in [1.807, 2.05) is 0 Å². The molecule has 0 fully saturated rings. The van der Waals surface area contributed by atoms with Crippen LogP contribution in [-0.2, 0) is 19.6 Å². The Bertz CT molecular complexity index is 994. The number of sulfonamides is 1. The molecule has 0 spiro atoms. The minimum atomic E-state index is -3.98. The first-order chi connectivity index (χ1) is 13.1. The molecule has 0 saturated carbocycles. The Morgan fingerprint density at radius 1 is 1.07 bits per heavy atom. The molecule has 1 atom stereocenters. The van der Waals surface area contributed by atoms with E-state index in [1.54, 1.807) is 24.3 Å². The molecule has 0 aliphatic rings. The molecule has 8 nitrogen and oxygen atoms in total. The second-order valence-corrected chi connectivity index (χ2v) is 8.01. The summed E-state index contributed by atoms with van der Waals surface area (Å²) in [5, 5.41) is 5.33. The molecule has 28 heavy (non-hydrogen) atoms. The van der Waals surface area contributed by atoms with Gasteiger partial charge in [-0.2, -0.15) is 4.72 Å². The molecule has 2 aromatic rings. The standard InChI is InChI=1S/C18H20ClN3O5S/c1-11(18(24)21-14-6-4-5-13(9-14)20-12(2)23)22-28(25,26)15-7-8-17(27-3)16(19)10-15/h4-11,22H,1-3H3,(H,20,23)(H,21,24)/t11-/m0/s1. The molecular formula is C18H20ClN3O5S. The van der Waals surface area contributed by atoms with E-state index in [-0.39, 0.29) is 15.8 Å². The molecule has 10 heteroatoms. The molecule has 0 aliphatic heterocycles. The fourth-order valence-electron chi connectivity index (χ4n) is 2.30. The summed E-state index contributed by atoms with van der Waals surface area (Å²) in [4.78, 5) is 23.4. The van der Waals surface area contributed by atoms with Crippen LogP contribution in [0.25, 0.3) is 0 Å². The molecule has 2 rings (SSSR count). The highest BCUT2D eigenvalue weighted by Gasteiger charge is 2.23. The van der Waals surface area contributed by atoms with Crippen molar-refractivity contribution in [2.75, 3.05) is 17.7 Å². The number of carbonyl (C=O) groups excluding carboxylic acids is 2. The first-order valence-electron chi connectivity index (χ1n) is 8.17. The van der Waals surface area contributed by atoms with Crippen LogP contribution < -0.4 is 20.1 Å². The van der Waals surface area contributed by atoms with Gasteiger partial charge in [0, 0.05) is 18.3 Å². The minimum absolute atomic E-state index is 0.0920. The van der Waals surface area contributed by atoms with Crippen LogP contribution in [-0.4, -0.2) is 33.4 Å². The van der Waals surface area contributed by atoms with E-state index in [0.29, 0.717) is 17.1 Å². The summed E-state index contributed by atoms with van der Waals surface area (Å²) in [5.74, 6) is -0.476. The number of methoxy groups -OCH3 is 1. The van der Waals surface area contributed by atoms with Crippen molar-refractivity contribution in [1.29, 1.82) is 0 Å². The van der Waals surface area contributed by atoms with Crippen LogP contribution >= 0.6 is 11.6 Å². The summed E-state index contributed by atoms with van der Waals surface area (Å²) in [6.07, 6.45) is 0. The quantitative estimate of drug-likeness (QED) is 0.631. The van der Waals surface area contributed by atoms with Gasteiger partial charge in [0.1, 0.15) is 5.75 Å². The zero-order valence-electron chi connectivity index (χ0n) is 15.4. The van der Waals surface area contributed by atoms with Crippen LogP contribution in [0.2, 0.25) is 5.02 Å². The minimum Gasteiger partial charge on any atom is -0.495 e. The lowest BCUT2D eigenvalue weighted by atomic mass is 10.2. The maximum atomic E-state index is 12.5. The summed E-state index contributed by atoms with van der Waals surface area (Å²) in [6.45, 7) is 2.78.